The molecule has 20 heavy (non-hydrogen) atoms. The number of piperidine rings is 1. The molecule has 0 amide bonds. The molecule has 0 bridgehead atoms. The van der Waals surface area contributed by atoms with Crippen LogP contribution in [-0.4, -0.2) is 37.5 Å². The molecular weight excluding hydrogens is 381 g/mol. The van der Waals surface area contributed by atoms with E-state index in [1.807, 2.05) is 18.4 Å². The minimum absolute atomic E-state index is 0. The Bertz CT molecular complexity index is 397. The minimum Gasteiger partial charge on any atom is -0.356 e. The molecule has 1 atom stereocenters. The molecule has 1 saturated heterocycles. The molecule has 1 aromatic heterocycles. The molecule has 114 valence electrons. The first-order valence-electron chi connectivity index (χ1n) is 7.19. The number of halogens is 1. The fraction of sp³-hybridized carbons (Fsp3) is 0.667. The molecule has 0 radical (unpaired) electrons. The van der Waals surface area contributed by atoms with Crippen molar-refractivity contribution in [3.63, 3.8) is 0 Å². The van der Waals surface area contributed by atoms with E-state index >= 15 is 0 Å². The summed E-state index contributed by atoms with van der Waals surface area (Å²) in [7, 11) is 1.89. The van der Waals surface area contributed by atoms with Gasteiger partial charge in [-0.25, -0.2) is 0 Å². The highest BCUT2D eigenvalue weighted by Crippen LogP contribution is 2.20. The van der Waals surface area contributed by atoms with Gasteiger partial charge in [-0.3, -0.25) is 4.99 Å². The number of guanidine groups is 1. The summed E-state index contributed by atoms with van der Waals surface area (Å²) >= 11 is 1.83. The van der Waals surface area contributed by atoms with Gasteiger partial charge in [-0.2, -0.15) is 0 Å². The van der Waals surface area contributed by atoms with Gasteiger partial charge in [0.15, 0.2) is 5.96 Å². The summed E-state index contributed by atoms with van der Waals surface area (Å²) < 4.78 is 0. The molecular formula is C15H26IN3S. The van der Waals surface area contributed by atoms with Crippen molar-refractivity contribution >= 4 is 41.3 Å². The van der Waals surface area contributed by atoms with Crippen LogP contribution in [0.5, 0.6) is 0 Å². The van der Waals surface area contributed by atoms with E-state index in [4.69, 9.17) is 0 Å². The van der Waals surface area contributed by atoms with Crippen molar-refractivity contribution < 1.29 is 0 Å². The number of rotatable bonds is 3. The van der Waals surface area contributed by atoms with Crippen LogP contribution in [0.1, 0.15) is 37.5 Å². The summed E-state index contributed by atoms with van der Waals surface area (Å²) in [6, 6.07) is 4.33. The molecule has 1 fully saturated rings. The van der Waals surface area contributed by atoms with Crippen LogP contribution in [0.2, 0.25) is 0 Å². The minimum atomic E-state index is 0. The lowest BCUT2D eigenvalue weighted by molar-refractivity contribution is 0.273. The number of thiophene rings is 1. The van der Waals surface area contributed by atoms with Crippen molar-refractivity contribution in [2.24, 2.45) is 10.9 Å². The largest absolute Gasteiger partial charge is 0.356 e. The van der Waals surface area contributed by atoms with Crippen LogP contribution in [0.4, 0.5) is 0 Å². The van der Waals surface area contributed by atoms with Gasteiger partial charge in [-0.05, 0) is 30.2 Å². The number of hydrogen-bond acceptors (Lipinski definition) is 2. The summed E-state index contributed by atoms with van der Waals surface area (Å²) in [5, 5.41) is 5.67. The van der Waals surface area contributed by atoms with Crippen LogP contribution in [-0.2, 0) is 0 Å². The zero-order chi connectivity index (χ0) is 13.7. The van der Waals surface area contributed by atoms with E-state index in [1.54, 1.807) is 0 Å². The van der Waals surface area contributed by atoms with Crippen molar-refractivity contribution in [3.8, 4) is 0 Å². The van der Waals surface area contributed by atoms with Gasteiger partial charge >= 0.3 is 0 Å². The molecule has 1 N–H and O–H groups in total. The zero-order valence-corrected chi connectivity index (χ0v) is 15.8. The predicted molar refractivity (Wildman–Crippen MR) is 99.5 cm³/mol. The second-order valence-corrected chi connectivity index (χ2v) is 6.49. The van der Waals surface area contributed by atoms with Crippen molar-refractivity contribution in [1.82, 2.24) is 10.2 Å². The highest BCUT2D eigenvalue weighted by molar-refractivity contribution is 14.0. The van der Waals surface area contributed by atoms with Crippen LogP contribution in [0, 0.1) is 5.92 Å². The van der Waals surface area contributed by atoms with Crippen molar-refractivity contribution in [2.75, 3.05) is 26.7 Å². The summed E-state index contributed by atoms with van der Waals surface area (Å²) in [5.74, 6) is 2.47. The molecule has 0 aromatic carbocycles. The standard InChI is InChI=1S/C15H25N3S.HI/c1-12-6-8-18(9-7-12)15(16-3)17-11-13(2)14-5-4-10-19-14;/h4-5,10,12-13H,6-9,11H2,1-3H3,(H,16,17);1H. The summed E-state index contributed by atoms with van der Waals surface area (Å²) in [5.41, 5.74) is 0. The Morgan fingerprint density at radius 2 is 2.20 bits per heavy atom. The first-order valence-corrected chi connectivity index (χ1v) is 8.07. The van der Waals surface area contributed by atoms with E-state index < -0.39 is 0 Å². The first kappa shape index (κ1) is 17.8. The highest BCUT2D eigenvalue weighted by atomic mass is 127. The zero-order valence-electron chi connectivity index (χ0n) is 12.6. The second-order valence-electron chi connectivity index (χ2n) is 5.51. The van der Waals surface area contributed by atoms with Gasteiger partial charge in [-0.15, -0.1) is 35.3 Å². The molecule has 1 aliphatic heterocycles. The lowest BCUT2D eigenvalue weighted by Gasteiger charge is -2.33. The van der Waals surface area contributed by atoms with Gasteiger partial charge in [0, 0.05) is 37.5 Å². The monoisotopic (exact) mass is 407 g/mol. The maximum Gasteiger partial charge on any atom is 0.193 e. The maximum absolute atomic E-state index is 4.42. The normalized spacial score (nSPS) is 18.6. The van der Waals surface area contributed by atoms with Crippen LogP contribution >= 0.6 is 35.3 Å². The Kier molecular flexibility index (Phi) is 7.87. The Hall–Kier alpha value is -0.300. The van der Waals surface area contributed by atoms with Gasteiger partial charge < -0.3 is 10.2 Å². The molecule has 3 nitrogen and oxygen atoms in total. The van der Waals surface area contributed by atoms with Gasteiger partial charge in [0.25, 0.3) is 0 Å². The number of hydrogen-bond donors (Lipinski definition) is 1. The molecule has 0 spiro atoms. The predicted octanol–water partition coefficient (Wildman–Crippen LogP) is 3.78. The van der Waals surface area contributed by atoms with Crippen molar-refractivity contribution in [3.05, 3.63) is 22.4 Å². The topological polar surface area (TPSA) is 27.6 Å². The Labute approximate surface area is 143 Å². The van der Waals surface area contributed by atoms with Gasteiger partial charge in [-0.1, -0.05) is 19.9 Å². The third-order valence-corrected chi connectivity index (χ3v) is 4.99. The van der Waals surface area contributed by atoms with E-state index in [1.165, 1.54) is 17.7 Å². The van der Waals surface area contributed by atoms with E-state index in [-0.39, 0.29) is 24.0 Å². The molecule has 0 saturated carbocycles. The molecule has 1 unspecified atom stereocenters. The average Bonchev–Trinajstić information content (AvgIpc) is 2.95. The lowest BCUT2D eigenvalue weighted by Crippen LogP contribution is -2.46. The van der Waals surface area contributed by atoms with E-state index in [0.29, 0.717) is 5.92 Å². The summed E-state index contributed by atoms with van der Waals surface area (Å²) in [4.78, 5) is 8.25. The summed E-state index contributed by atoms with van der Waals surface area (Å²) in [6.07, 6.45) is 2.56. The molecule has 5 heteroatoms. The molecule has 1 aliphatic rings. The van der Waals surface area contributed by atoms with Crippen LogP contribution < -0.4 is 5.32 Å². The molecule has 2 rings (SSSR count). The maximum atomic E-state index is 4.42. The number of likely N-dealkylation sites (tertiary alicyclic amines) is 1. The van der Waals surface area contributed by atoms with Crippen LogP contribution in [0.3, 0.4) is 0 Å². The first-order chi connectivity index (χ1) is 9.20. The van der Waals surface area contributed by atoms with Crippen molar-refractivity contribution in [2.45, 2.75) is 32.6 Å². The number of aliphatic imine (C=N–C) groups is 1. The smallest absolute Gasteiger partial charge is 0.193 e. The molecule has 2 heterocycles. The number of nitrogens with one attached hydrogen (secondary N) is 1. The Balaban J connectivity index is 0.00000200. The SMILES string of the molecule is CN=C(NCC(C)c1cccs1)N1CCC(C)CC1.I. The fourth-order valence-electron chi connectivity index (χ4n) is 2.47. The van der Waals surface area contributed by atoms with E-state index in [0.717, 1.165) is 31.5 Å². The third kappa shape index (κ3) is 4.91. The van der Waals surface area contributed by atoms with Gasteiger partial charge in [0.05, 0.1) is 0 Å². The third-order valence-electron chi connectivity index (χ3n) is 3.89. The molecule has 1 aromatic rings. The van der Waals surface area contributed by atoms with Crippen LogP contribution in [0.25, 0.3) is 0 Å². The summed E-state index contributed by atoms with van der Waals surface area (Å²) in [6.45, 7) is 7.83. The van der Waals surface area contributed by atoms with E-state index in [9.17, 15) is 0 Å². The highest BCUT2D eigenvalue weighted by Gasteiger charge is 2.19. The fourth-order valence-corrected chi connectivity index (χ4v) is 3.26. The van der Waals surface area contributed by atoms with Gasteiger partial charge in [0.2, 0.25) is 0 Å². The second kappa shape index (κ2) is 8.87. The Morgan fingerprint density at radius 3 is 2.75 bits per heavy atom. The van der Waals surface area contributed by atoms with Crippen molar-refractivity contribution in [1.29, 1.82) is 0 Å². The quantitative estimate of drug-likeness (QED) is 0.469. The average molecular weight is 407 g/mol. The Morgan fingerprint density at radius 1 is 1.50 bits per heavy atom. The van der Waals surface area contributed by atoms with E-state index in [2.05, 4.69) is 46.6 Å². The lowest BCUT2D eigenvalue weighted by atomic mass is 9.99. The van der Waals surface area contributed by atoms with Crippen LogP contribution in [0.15, 0.2) is 22.5 Å². The van der Waals surface area contributed by atoms with Gasteiger partial charge in [0.1, 0.15) is 0 Å². The molecule has 0 aliphatic carbocycles. The number of nitrogens with zero attached hydrogens (tertiary/aromatic N) is 2.